The van der Waals surface area contributed by atoms with Crippen molar-refractivity contribution in [2.45, 2.75) is 65.6 Å². The molecule has 1 heterocycles. The number of aryl methyl sites for hydroxylation is 1. The lowest BCUT2D eigenvalue weighted by Gasteiger charge is -2.23. The summed E-state index contributed by atoms with van der Waals surface area (Å²) in [6, 6.07) is 15.2. The number of aliphatic carboxylic acids is 1. The van der Waals surface area contributed by atoms with Crippen LogP contribution in [0.2, 0.25) is 0 Å². The summed E-state index contributed by atoms with van der Waals surface area (Å²) in [5.41, 5.74) is 2.83. The molecule has 8 heteroatoms. The van der Waals surface area contributed by atoms with Crippen LogP contribution in [0.15, 0.2) is 48.5 Å². The second-order valence-corrected chi connectivity index (χ2v) is 10.1. The predicted octanol–water partition coefficient (Wildman–Crippen LogP) is 5.05. The number of carbonyl (C=O) groups excluding carboxylic acids is 1. The van der Waals surface area contributed by atoms with E-state index < -0.39 is 11.6 Å². The predicted molar refractivity (Wildman–Crippen MR) is 139 cm³/mol. The molecular formula is C28H35N3O5. The van der Waals surface area contributed by atoms with Crippen LogP contribution in [0.25, 0.3) is 11.3 Å². The second-order valence-electron chi connectivity index (χ2n) is 10.1. The van der Waals surface area contributed by atoms with Gasteiger partial charge in [0.15, 0.2) is 17.1 Å². The molecule has 3 aromatic rings. The highest BCUT2D eigenvalue weighted by Gasteiger charge is 2.30. The maximum atomic E-state index is 13.0. The largest absolute Gasteiger partial charge is 0.493 e. The maximum absolute atomic E-state index is 13.0. The first-order chi connectivity index (χ1) is 16.9. The minimum absolute atomic E-state index is 0.0613. The minimum atomic E-state index is -1.41. The molecule has 0 atom stereocenters. The molecule has 0 saturated heterocycles. The van der Waals surface area contributed by atoms with Gasteiger partial charge in [0.2, 0.25) is 0 Å². The Morgan fingerprint density at radius 2 is 1.67 bits per heavy atom. The molecule has 3 rings (SSSR count). The van der Waals surface area contributed by atoms with Crippen LogP contribution in [0.3, 0.4) is 0 Å². The molecule has 0 aliphatic rings. The molecule has 0 radical (unpaired) electrons. The summed E-state index contributed by atoms with van der Waals surface area (Å²) in [6.07, 6.45) is 0. The van der Waals surface area contributed by atoms with Crippen LogP contribution in [0.5, 0.6) is 11.5 Å². The molecule has 2 aromatic carbocycles. The summed E-state index contributed by atoms with van der Waals surface area (Å²) in [4.78, 5) is 24.4. The van der Waals surface area contributed by atoms with E-state index in [1.54, 1.807) is 28.9 Å². The molecule has 0 fully saturated rings. The third-order valence-electron chi connectivity index (χ3n) is 5.92. The lowest BCUT2D eigenvalue weighted by atomic mass is 9.86. The Hall–Kier alpha value is -3.81. The number of hydrogen-bond acceptors (Lipinski definition) is 5. The molecule has 1 aromatic heterocycles. The fraction of sp³-hybridized carbons (Fsp3) is 0.393. The highest BCUT2D eigenvalue weighted by molar-refractivity contribution is 5.93. The number of aromatic nitrogens is 2. The quantitative estimate of drug-likeness (QED) is 0.433. The van der Waals surface area contributed by atoms with Gasteiger partial charge in [-0.25, -0.2) is 4.79 Å². The fourth-order valence-electron chi connectivity index (χ4n) is 3.62. The van der Waals surface area contributed by atoms with Gasteiger partial charge in [0, 0.05) is 18.7 Å². The van der Waals surface area contributed by atoms with Gasteiger partial charge in [-0.05, 0) is 55.5 Å². The number of hydrogen-bond donors (Lipinski definition) is 2. The van der Waals surface area contributed by atoms with Gasteiger partial charge >= 0.3 is 5.97 Å². The third-order valence-corrected chi connectivity index (χ3v) is 5.92. The summed E-state index contributed by atoms with van der Waals surface area (Å²) < 4.78 is 12.7. The summed E-state index contributed by atoms with van der Waals surface area (Å²) >= 11 is 0. The molecule has 36 heavy (non-hydrogen) atoms. The fourth-order valence-corrected chi connectivity index (χ4v) is 3.62. The van der Waals surface area contributed by atoms with Gasteiger partial charge in [-0.15, -0.1) is 0 Å². The molecule has 192 valence electrons. The molecule has 8 nitrogen and oxygen atoms in total. The number of nitrogens with zero attached hydrogens (tertiary/aromatic N) is 2. The number of methoxy groups -OCH3 is 1. The van der Waals surface area contributed by atoms with Gasteiger partial charge in [0.25, 0.3) is 5.91 Å². The molecule has 0 spiro atoms. The van der Waals surface area contributed by atoms with Crippen molar-refractivity contribution in [3.8, 4) is 22.8 Å². The van der Waals surface area contributed by atoms with E-state index in [0.29, 0.717) is 23.7 Å². The number of rotatable bonds is 9. The Morgan fingerprint density at radius 1 is 1.00 bits per heavy atom. The first-order valence-corrected chi connectivity index (χ1v) is 11.9. The summed E-state index contributed by atoms with van der Waals surface area (Å²) in [7, 11) is 1.48. The van der Waals surface area contributed by atoms with E-state index in [0.717, 1.165) is 16.8 Å². The molecule has 1 amide bonds. The second kappa shape index (κ2) is 10.4. The first kappa shape index (κ1) is 26.8. The van der Waals surface area contributed by atoms with Crippen LogP contribution in [-0.4, -0.2) is 39.5 Å². The van der Waals surface area contributed by atoms with Gasteiger partial charge in [0.05, 0.1) is 12.8 Å². The van der Waals surface area contributed by atoms with Gasteiger partial charge in [0.1, 0.15) is 5.69 Å². The highest BCUT2D eigenvalue weighted by atomic mass is 16.5. The van der Waals surface area contributed by atoms with Gasteiger partial charge in [-0.2, -0.15) is 5.10 Å². The van der Waals surface area contributed by atoms with E-state index in [2.05, 4.69) is 43.3 Å². The van der Waals surface area contributed by atoms with E-state index in [1.807, 2.05) is 19.1 Å². The number of amides is 1. The number of carbonyl (C=O) groups is 2. The Labute approximate surface area is 212 Å². The van der Waals surface area contributed by atoms with E-state index in [4.69, 9.17) is 9.47 Å². The normalized spacial score (nSPS) is 11.8. The van der Waals surface area contributed by atoms with Crippen LogP contribution in [0, 0.1) is 0 Å². The van der Waals surface area contributed by atoms with E-state index >= 15 is 0 Å². The van der Waals surface area contributed by atoms with Crippen LogP contribution in [0.1, 0.15) is 63.2 Å². The molecule has 0 aliphatic carbocycles. The lowest BCUT2D eigenvalue weighted by Crippen LogP contribution is -2.38. The number of benzene rings is 2. The number of nitrogens with one attached hydrogen (secondary N) is 1. The minimum Gasteiger partial charge on any atom is -0.493 e. The smallest absolute Gasteiger partial charge is 0.347 e. The highest BCUT2D eigenvalue weighted by Crippen LogP contribution is 2.31. The molecule has 0 unspecified atom stereocenters. The van der Waals surface area contributed by atoms with Crippen LogP contribution < -0.4 is 14.8 Å². The topological polar surface area (TPSA) is 103 Å². The zero-order valence-corrected chi connectivity index (χ0v) is 22.0. The monoisotopic (exact) mass is 493 g/mol. The molecule has 0 bridgehead atoms. The Balaban J connectivity index is 1.75. The number of ether oxygens (including phenoxy) is 2. The standard InChI is InChI=1S/C28H35N3O5/c1-8-31-22(16-21(30-31)19-10-12-20(13-11-19)27(2,3)4)25(32)29-17-18-9-14-23(24(15-18)35-7)36-28(5,6)26(33)34/h9-16H,8,17H2,1-7H3,(H,29,32)(H,33,34). The van der Waals surface area contributed by atoms with Crippen molar-refractivity contribution in [3.63, 3.8) is 0 Å². The average molecular weight is 494 g/mol. The Bertz CT molecular complexity index is 1240. The lowest BCUT2D eigenvalue weighted by molar-refractivity contribution is -0.152. The SMILES string of the molecule is CCn1nc(-c2ccc(C(C)(C)C)cc2)cc1C(=O)NCc1ccc(OC(C)(C)C(=O)O)c(OC)c1. The Morgan fingerprint density at radius 3 is 2.22 bits per heavy atom. The van der Waals surface area contributed by atoms with Crippen LogP contribution in [0.4, 0.5) is 0 Å². The van der Waals surface area contributed by atoms with E-state index in [9.17, 15) is 14.7 Å². The first-order valence-electron chi connectivity index (χ1n) is 11.9. The average Bonchev–Trinajstić information content (AvgIpc) is 3.27. The van der Waals surface area contributed by atoms with Crippen molar-refractivity contribution in [1.82, 2.24) is 15.1 Å². The van der Waals surface area contributed by atoms with Crippen molar-refractivity contribution >= 4 is 11.9 Å². The van der Waals surface area contributed by atoms with Gasteiger partial charge < -0.3 is 19.9 Å². The van der Waals surface area contributed by atoms with E-state index in [-0.39, 0.29) is 17.9 Å². The number of carboxylic acid groups (broad SMARTS) is 1. The van der Waals surface area contributed by atoms with Crippen molar-refractivity contribution in [3.05, 3.63) is 65.4 Å². The van der Waals surface area contributed by atoms with Crippen molar-refractivity contribution in [2.75, 3.05) is 7.11 Å². The van der Waals surface area contributed by atoms with Crippen molar-refractivity contribution in [2.24, 2.45) is 0 Å². The zero-order valence-electron chi connectivity index (χ0n) is 22.0. The summed E-state index contributed by atoms with van der Waals surface area (Å²) in [5.74, 6) is -0.632. The molecule has 2 N–H and O–H groups in total. The number of carboxylic acids is 1. The summed E-state index contributed by atoms with van der Waals surface area (Å²) in [5, 5.41) is 16.9. The molecule has 0 saturated carbocycles. The van der Waals surface area contributed by atoms with Crippen LogP contribution >= 0.6 is 0 Å². The summed E-state index contributed by atoms with van der Waals surface area (Å²) in [6.45, 7) is 12.2. The van der Waals surface area contributed by atoms with Crippen molar-refractivity contribution < 1.29 is 24.2 Å². The van der Waals surface area contributed by atoms with Crippen LogP contribution in [-0.2, 0) is 23.3 Å². The van der Waals surface area contributed by atoms with Crippen molar-refractivity contribution in [1.29, 1.82) is 0 Å². The maximum Gasteiger partial charge on any atom is 0.347 e. The van der Waals surface area contributed by atoms with E-state index in [1.165, 1.54) is 26.5 Å². The zero-order chi connectivity index (χ0) is 26.7. The third kappa shape index (κ3) is 6.05. The Kier molecular flexibility index (Phi) is 7.77. The molecular weight excluding hydrogens is 458 g/mol. The van der Waals surface area contributed by atoms with Gasteiger partial charge in [-0.3, -0.25) is 9.48 Å². The van der Waals surface area contributed by atoms with Gasteiger partial charge in [-0.1, -0.05) is 51.1 Å². The molecule has 0 aliphatic heterocycles.